The number of nitro benzene ring substituents is 1. The summed E-state index contributed by atoms with van der Waals surface area (Å²) in [6, 6.07) is 4.89. The molecule has 24 heavy (non-hydrogen) atoms. The number of non-ortho nitro benzene ring substituents is 1. The number of nitro groups is 1. The lowest BCUT2D eigenvalue weighted by atomic mass is 10.2. The van der Waals surface area contributed by atoms with Crippen LogP contribution in [-0.4, -0.2) is 33.6 Å². The zero-order valence-electron chi connectivity index (χ0n) is 12.8. The van der Waals surface area contributed by atoms with Crippen LogP contribution in [0.3, 0.4) is 0 Å². The molecule has 1 N–H and O–H groups in total. The lowest BCUT2D eigenvalue weighted by molar-refractivity contribution is -0.384. The first-order valence-corrected chi connectivity index (χ1v) is 6.78. The molecule has 1 aromatic heterocycles. The Hall–Kier alpha value is -3.04. The van der Waals surface area contributed by atoms with Crippen molar-refractivity contribution in [2.75, 3.05) is 11.9 Å². The highest BCUT2D eigenvalue weighted by Crippen LogP contribution is 2.26. The van der Waals surface area contributed by atoms with Gasteiger partial charge in [-0.25, -0.2) is 8.78 Å². The first kappa shape index (κ1) is 17.3. The van der Waals surface area contributed by atoms with Gasteiger partial charge in [0.05, 0.1) is 22.4 Å². The van der Waals surface area contributed by atoms with Gasteiger partial charge in [-0.1, -0.05) is 0 Å². The molecule has 128 valence electrons. The minimum absolute atomic E-state index is 0.0531. The van der Waals surface area contributed by atoms with E-state index in [1.165, 1.54) is 10.7 Å². The van der Waals surface area contributed by atoms with Gasteiger partial charge >= 0.3 is 0 Å². The first-order valence-electron chi connectivity index (χ1n) is 6.78. The second-order valence-electron chi connectivity index (χ2n) is 4.92. The molecule has 0 aliphatic carbocycles. The van der Waals surface area contributed by atoms with Crippen LogP contribution in [0.15, 0.2) is 24.3 Å². The van der Waals surface area contributed by atoms with Gasteiger partial charge in [-0.3, -0.25) is 19.6 Å². The molecule has 0 unspecified atom stereocenters. The van der Waals surface area contributed by atoms with Crippen molar-refractivity contribution in [1.82, 2.24) is 9.78 Å². The normalized spacial score (nSPS) is 10.7. The lowest BCUT2D eigenvalue weighted by Gasteiger charge is -2.09. The minimum Gasteiger partial charge on any atom is -0.487 e. The van der Waals surface area contributed by atoms with Gasteiger partial charge in [-0.2, -0.15) is 5.10 Å². The fourth-order valence-electron chi connectivity index (χ4n) is 2.02. The van der Waals surface area contributed by atoms with E-state index in [1.807, 2.05) is 0 Å². The quantitative estimate of drug-likeness (QED) is 0.643. The summed E-state index contributed by atoms with van der Waals surface area (Å²) in [6.45, 7) is 0.801. The van der Waals surface area contributed by atoms with Gasteiger partial charge in [0.2, 0.25) is 0 Å². The zero-order chi connectivity index (χ0) is 17.9. The number of nitrogens with zero attached hydrogens (tertiary/aromatic N) is 3. The van der Waals surface area contributed by atoms with Crippen LogP contribution in [0.4, 0.5) is 20.2 Å². The van der Waals surface area contributed by atoms with E-state index in [4.69, 9.17) is 4.74 Å². The van der Waals surface area contributed by atoms with Gasteiger partial charge in [0, 0.05) is 19.2 Å². The Morgan fingerprint density at radius 3 is 2.67 bits per heavy atom. The average Bonchev–Trinajstić information content (AvgIpc) is 2.83. The van der Waals surface area contributed by atoms with Crippen molar-refractivity contribution in [2.24, 2.45) is 7.05 Å². The van der Waals surface area contributed by atoms with Gasteiger partial charge in [0.1, 0.15) is 18.1 Å². The molecule has 0 saturated heterocycles. The highest BCUT2D eigenvalue weighted by molar-refractivity contribution is 6.03. The predicted molar refractivity (Wildman–Crippen MR) is 80.5 cm³/mol. The van der Waals surface area contributed by atoms with Crippen molar-refractivity contribution in [1.29, 1.82) is 0 Å². The van der Waals surface area contributed by atoms with E-state index in [2.05, 4.69) is 10.4 Å². The van der Waals surface area contributed by atoms with Crippen LogP contribution in [0.1, 0.15) is 16.2 Å². The van der Waals surface area contributed by atoms with Crippen molar-refractivity contribution >= 4 is 17.3 Å². The topological polar surface area (TPSA) is 99.3 Å². The molecule has 0 atom stereocenters. The Balaban J connectivity index is 2.26. The summed E-state index contributed by atoms with van der Waals surface area (Å²) >= 11 is 0. The highest BCUT2D eigenvalue weighted by Gasteiger charge is 2.16. The summed E-state index contributed by atoms with van der Waals surface area (Å²) in [5, 5.41) is 17.4. The van der Waals surface area contributed by atoms with Crippen molar-refractivity contribution in [3.8, 4) is 5.75 Å². The number of hydrogen-bond acceptors (Lipinski definition) is 5. The molecule has 2 aromatic rings. The Morgan fingerprint density at radius 2 is 2.12 bits per heavy atom. The third-order valence-electron chi connectivity index (χ3n) is 2.97. The van der Waals surface area contributed by atoms with Gasteiger partial charge in [0.15, 0.2) is 0 Å². The van der Waals surface area contributed by atoms with Gasteiger partial charge in [-0.15, -0.1) is 0 Å². The van der Waals surface area contributed by atoms with Crippen LogP contribution >= 0.6 is 0 Å². The number of aromatic nitrogens is 2. The summed E-state index contributed by atoms with van der Waals surface area (Å²) in [4.78, 5) is 22.4. The summed E-state index contributed by atoms with van der Waals surface area (Å²) in [5.41, 5.74) is 0.535. The predicted octanol–water partition coefficient (Wildman–Crippen LogP) is 2.53. The van der Waals surface area contributed by atoms with Crippen LogP contribution in [-0.2, 0) is 7.05 Å². The molecule has 0 spiro atoms. The number of aryl methyl sites for hydroxylation is 2. The standard InChI is InChI=1S/C14H14F2N4O4/c1-8-3-12(19(2)18-8)14(21)17-9-4-10(20(22)23)6-11(5-9)24-7-13(15)16/h3-6,13H,7H2,1-2H3,(H,17,21). The number of amides is 1. The molecular weight excluding hydrogens is 326 g/mol. The highest BCUT2D eigenvalue weighted by atomic mass is 19.3. The van der Waals surface area contributed by atoms with Gasteiger partial charge < -0.3 is 10.1 Å². The van der Waals surface area contributed by atoms with E-state index < -0.39 is 29.6 Å². The van der Waals surface area contributed by atoms with Crippen molar-refractivity contribution in [3.63, 3.8) is 0 Å². The molecule has 0 bridgehead atoms. The maximum absolute atomic E-state index is 12.2. The maximum atomic E-state index is 12.2. The third kappa shape index (κ3) is 4.24. The summed E-state index contributed by atoms with van der Waals surface area (Å²) in [7, 11) is 1.58. The Bertz CT molecular complexity index is 776. The smallest absolute Gasteiger partial charge is 0.275 e. The molecule has 10 heteroatoms. The lowest BCUT2D eigenvalue weighted by Crippen LogP contribution is -2.16. The maximum Gasteiger partial charge on any atom is 0.275 e. The third-order valence-corrected chi connectivity index (χ3v) is 2.97. The van der Waals surface area contributed by atoms with E-state index in [0.717, 1.165) is 12.1 Å². The number of alkyl halides is 2. The van der Waals surface area contributed by atoms with E-state index in [1.54, 1.807) is 20.0 Å². The largest absolute Gasteiger partial charge is 0.487 e. The molecule has 0 fully saturated rings. The number of anilines is 1. The second-order valence-corrected chi connectivity index (χ2v) is 4.92. The molecule has 1 amide bonds. The van der Waals surface area contributed by atoms with Crippen molar-refractivity contribution in [2.45, 2.75) is 13.3 Å². The number of carbonyl (C=O) groups is 1. The first-order chi connectivity index (χ1) is 11.3. The Kier molecular flexibility index (Phi) is 5.07. The second kappa shape index (κ2) is 7.02. The Labute approximate surface area is 135 Å². The number of ether oxygens (including phenoxy) is 1. The molecule has 0 saturated carbocycles. The molecule has 0 aliphatic heterocycles. The van der Waals surface area contributed by atoms with E-state index in [9.17, 15) is 23.7 Å². The molecule has 2 rings (SSSR count). The van der Waals surface area contributed by atoms with Crippen molar-refractivity contribution < 1.29 is 23.2 Å². The zero-order valence-corrected chi connectivity index (χ0v) is 12.8. The van der Waals surface area contributed by atoms with Gasteiger partial charge in [0.25, 0.3) is 18.0 Å². The molecule has 1 aromatic carbocycles. The summed E-state index contributed by atoms with van der Waals surface area (Å²) in [6.07, 6.45) is -2.72. The number of rotatable bonds is 6. The molecule has 0 aliphatic rings. The van der Waals surface area contributed by atoms with Crippen LogP contribution in [0.5, 0.6) is 5.75 Å². The number of carbonyl (C=O) groups excluding carboxylic acids is 1. The molecule has 1 heterocycles. The number of benzene rings is 1. The summed E-state index contributed by atoms with van der Waals surface area (Å²) < 4.78 is 30.6. The Morgan fingerprint density at radius 1 is 1.42 bits per heavy atom. The molecular formula is C14H14F2N4O4. The van der Waals surface area contributed by atoms with E-state index in [0.29, 0.717) is 5.69 Å². The number of nitrogens with one attached hydrogen (secondary N) is 1. The van der Waals surface area contributed by atoms with Crippen molar-refractivity contribution in [3.05, 3.63) is 45.8 Å². The van der Waals surface area contributed by atoms with Crippen LogP contribution in [0, 0.1) is 17.0 Å². The molecule has 8 nitrogen and oxygen atoms in total. The van der Waals surface area contributed by atoms with E-state index >= 15 is 0 Å². The fourth-order valence-corrected chi connectivity index (χ4v) is 2.02. The minimum atomic E-state index is -2.72. The molecule has 0 radical (unpaired) electrons. The van der Waals surface area contributed by atoms with E-state index in [-0.39, 0.29) is 17.1 Å². The van der Waals surface area contributed by atoms with Crippen LogP contribution in [0.2, 0.25) is 0 Å². The monoisotopic (exact) mass is 340 g/mol. The fraction of sp³-hybridized carbons (Fsp3) is 0.286. The van der Waals surface area contributed by atoms with Crippen LogP contribution < -0.4 is 10.1 Å². The number of hydrogen-bond donors (Lipinski definition) is 1. The summed E-state index contributed by atoms with van der Waals surface area (Å²) in [5.74, 6) is -0.681. The van der Waals surface area contributed by atoms with Gasteiger partial charge in [-0.05, 0) is 13.0 Å². The number of halogens is 2. The SMILES string of the molecule is Cc1cc(C(=O)Nc2cc(OCC(F)F)cc([N+](=O)[O-])c2)n(C)n1. The van der Waals surface area contributed by atoms with Crippen LogP contribution in [0.25, 0.3) is 0 Å². The average molecular weight is 340 g/mol.